The molecule has 3 N–H and O–H groups in total. The van der Waals surface area contributed by atoms with Gasteiger partial charge in [-0.25, -0.2) is 9.97 Å². The maximum Gasteiger partial charge on any atom is 0.223 e. The van der Waals surface area contributed by atoms with Gasteiger partial charge in [-0.05, 0) is 28.1 Å². The molecule has 0 saturated heterocycles. The summed E-state index contributed by atoms with van der Waals surface area (Å²) in [5.74, 6) is 0.708. The Morgan fingerprint density at radius 2 is 2.10 bits per heavy atom. The number of hydrogen-bond donors (Lipinski definition) is 2. The van der Waals surface area contributed by atoms with Gasteiger partial charge >= 0.3 is 0 Å². The molecule has 0 aliphatic heterocycles. The van der Waals surface area contributed by atoms with Crippen molar-refractivity contribution in [2.24, 2.45) is 0 Å². The number of aromatic nitrogens is 4. The molecule has 0 aliphatic rings. The molecule has 3 rings (SSSR count). The summed E-state index contributed by atoms with van der Waals surface area (Å²) in [6, 6.07) is 5.50. The standard InChI is InChI=1S/C12H10BrClN6/c13-7-1-2-11-17-8(6-20(11)5-7)4-16-10-3-9(14)18-12(15)19-10/h1-3,5-6H,4H2,(H3,15,16,18,19). The van der Waals surface area contributed by atoms with Crippen molar-refractivity contribution in [3.63, 3.8) is 0 Å². The van der Waals surface area contributed by atoms with Crippen LogP contribution in [0.25, 0.3) is 5.65 Å². The Balaban J connectivity index is 1.79. The molecule has 0 fully saturated rings. The van der Waals surface area contributed by atoms with Crippen LogP contribution in [0.15, 0.2) is 35.1 Å². The first-order valence-corrected chi connectivity index (χ1v) is 6.94. The number of rotatable bonds is 3. The Labute approximate surface area is 128 Å². The molecule has 102 valence electrons. The summed E-state index contributed by atoms with van der Waals surface area (Å²) in [5, 5.41) is 3.42. The smallest absolute Gasteiger partial charge is 0.223 e. The minimum atomic E-state index is 0.138. The molecule has 0 unspecified atom stereocenters. The molecule has 6 nitrogen and oxygen atoms in total. The van der Waals surface area contributed by atoms with Gasteiger partial charge < -0.3 is 15.5 Å². The van der Waals surface area contributed by atoms with E-state index in [9.17, 15) is 0 Å². The lowest BCUT2D eigenvalue weighted by atomic mass is 10.4. The second-order valence-corrected chi connectivity index (χ2v) is 5.44. The lowest BCUT2D eigenvalue weighted by Gasteiger charge is -2.04. The Kier molecular flexibility index (Phi) is 3.45. The van der Waals surface area contributed by atoms with Gasteiger partial charge in [0.05, 0.1) is 12.2 Å². The molecule has 0 aliphatic carbocycles. The predicted octanol–water partition coefficient (Wildman–Crippen LogP) is 2.73. The highest BCUT2D eigenvalue weighted by Crippen LogP contribution is 2.15. The van der Waals surface area contributed by atoms with Crippen LogP contribution in [0.3, 0.4) is 0 Å². The summed E-state index contributed by atoms with van der Waals surface area (Å²) in [7, 11) is 0. The first-order valence-electron chi connectivity index (χ1n) is 5.77. The molecule has 0 amide bonds. The Bertz CT molecular complexity index is 751. The van der Waals surface area contributed by atoms with E-state index in [1.165, 1.54) is 0 Å². The highest BCUT2D eigenvalue weighted by Gasteiger charge is 2.04. The van der Waals surface area contributed by atoms with E-state index in [4.69, 9.17) is 17.3 Å². The summed E-state index contributed by atoms with van der Waals surface area (Å²) >= 11 is 9.24. The number of imidazole rings is 1. The normalized spacial score (nSPS) is 10.9. The third-order valence-corrected chi connectivity index (χ3v) is 3.29. The summed E-state index contributed by atoms with van der Waals surface area (Å²) < 4.78 is 2.94. The Morgan fingerprint density at radius 3 is 2.90 bits per heavy atom. The van der Waals surface area contributed by atoms with E-state index in [0.717, 1.165) is 15.8 Å². The first kappa shape index (κ1) is 13.1. The number of halogens is 2. The average Bonchev–Trinajstić information content (AvgIpc) is 2.77. The zero-order chi connectivity index (χ0) is 14.1. The van der Waals surface area contributed by atoms with Gasteiger partial charge in [-0.2, -0.15) is 4.98 Å². The van der Waals surface area contributed by atoms with Gasteiger partial charge in [0.25, 0.3) is 0 Å². The van der Waals surface area contributed by atoms with Crippen LogP contribution in [0.2, 0.25) is 5.15 Å². The van der Waals surface area contributed by atoms with Crippen molar-refractivity contribution in [2.45, 2.75) is 6.54 Å². The highest BCUT2D eigenvalue weighted by molar-refractivity contribution is 9.10. The maximum absolute atomic E-state index is 5.82. The fourth-order valence-electron chi connectivity index (χ4n) is 1.81. The SMILES string of the molecule is Nc1nc(Cl)cc(NCc2cn3cc(Br)ccc3n2)n1. The quantitative estimate of drug-likeness (QED) is 0.708. The predicted molar refractivity (Wildman–Crippen MR) is 81.7 cm³/mol. The van der Waals surface area contributed by atoms with E-state index in [2.05, 4.69) is 36.2 Å². The van der Waals surface area contributed by atoms with Crippen molar-refractivity contribution in [2.75, 3.05) is 11.1 Å². The topological polar surface area (TPSA) is 81.1 Å². The number of nitrogens with zero attached hydrogens (tertiary/aromatic N) is 4. The zero-order valence-corrected chi connectivity index (χ0v) is 12.6. The van der Waals surface area contributed by atoms with Crippen LogP contribution in [0.1, 0.15) is 5.69 Å². The van der Waals surface area contributed by atoms with Gasteiger partial charge in [0, 0.05) is 22.9 Å². The minimum Gasteiger partial charge on any atom is -0.368 e. The van der Waals surface area contributed by atoms with Crippen molar-refractivity contribution < 1.29 is 0 Å². The van der Waals surface area contributed by atoms with E-state index in [1.54, 1.807) is 6.07 Å². The Hall–Kier alpha value is -1.86. The second kappa shape index (κ2) is 5.26. The molecule has 0 saturated carbocycles. The monoisotopic (exact) mass is 352 g/mol. The summed E-state index contributed by atoms with van der Waals surface area (Å²) in [4.78, 5) is 12.3. The van der Waals surface area contributed by atoms with Crippen LogP contribution < -0.4 is 11.1 Å². The molecule has 3 aromatic rings. The van der Waals surface area contributed by atoms with E-state index < -0.39 is 0 Å². The Morgan fingerprint density at radius 1 is 1.25 bits per heavy atom. The fourth-order valence-corrected chi connectivity index (χ4v) is 2.35. The van der Waals surface area contributed by atoms with Crippen molar-refractivity contribution in [3.05, 3.63) is 45.9 Å². The molecule has 0 aromatic carbocycles. The molecular weight excluding hydrogens is 344 g/mol. The van der Waals surface area contributed by atoms with Crippen LogP contribution in [0, 0.1) is 0 Å². The van der Waals surface area contributed by atoms with Crippen molar-refractivity contribution >= 4 is 44.9 Å². The highest BCUT2D eigenvalue weighted by atomic mass is 79.9. The lowest BCUT2D eigenvalue weighted by Crippen LogP contribution is -2.04. The van der Waals surface area contributed by atoms with E-state index >= 15 is 0 Å². The summed E-state index contributed by atoms with van der Waals surface area (Å²) in [6.45, 7) is 0.520. The summed E-state index contributed by atoms with van der Waals surface area (Å²) in [6.07, 6.45) is 3.89. The third kappa shape index (κ3) is 2.83. The number of nitrogens with one attached hydrogen (secondary N) is 1. The lowest BCUT2D eigenvalue weighted by molar-refractivity contribution is 1.05. The third-order valence-electron chi connectivity index (χ3n) is 2.63. The molecule has 20 heavy (non-hydrogen) atoms. The molecule has 0 spiro atoms. The minimum absolute atomic E-state index is 0.138. The van der Waals surface area contributed by atoms with Crippen LogP contribution in [-0.2, 0) is 6.54 Å². The van der Waals surface area contributed by atoms with E-state index in [-0.39, 0.29) is 5.95 Å². The first-order chi connectivity index (χ1) is 9.60. The number of nitrogens with two attached hydrogens (primary N) is 1. The van der Waals surface area contributed by atoms with Crippen LogP contribution in [0.4, 0.5) is 11.8 Å². The summed E-state index contributed by atoms with van der Waals surface area (Å²) in [5.41, 5.74) is 7.30. The fraction of sp³-hybridized carbons (Fsp3) is 0.0833. The maximum atomic E-state index is 5.82. The number of fused-ring (bicyclic) bond motifs is 1. The van der Waals surface area contributed by atoms with E-state index in [0.29, 0.717) is 17.5 Å². The second-order valence-electron chi connectivity index (χ2n) is 4.13. The molecule has 0 radical (unpaired) electrons. The number of hydrogen-bond acceptors (Lipinski definition) is 5. The van der Waals surface area contributed by atoms with Gasteiger partial charge in [0.15, 0.2) is 0 Å². The van der Waals surface area contributed by atoms with Gasteiger partial charge in [-0.15, -0.1) is 0 Å². The van der Waals surface area contributed by atoms with Gasteiger partial charge in [-0.3, -0.25) is 0 Å². The molecule has 0 bridgehead atoms. The van der Waals surface area contributed by atoms with Gasteiger partial charge in [0.1, 0.15) is 16.6 Å². The van der Waals surface area contributed by atoms with Crippen molar-refractivity contribution in [3.8, 4) is 0 Å². The molecule has 0 atom stereocenters. The zero-order valence-electron chi connectivity index (χ0n) is 10.2. The van der Waals surface area contributed by atoms with Crippen molar-refractivity contribution in [1.29, 1.82) is 0 Å². The van der Waals surface area contributed by atoms with Crippen LogP contribution in [0.5, 0.6) is 0 Å². The number of pyridine rings is 1. The largest absolute Gasteiger partial charge is 0.368 e. The number of nitrogen functional groups attached to an aromatic ring is 1. The molecule has 3 aromatic heterocycles. The molecule has 8 heteroatoms. The molecular formula is C12H10BrClN6. The van der Waals surface area contributed by atoms with Gasteiger partial charge in [0.2, 0.25) is 5.95 Å². The van der Waals surface area contributed by atoms with Crippen LogP contribution >= 0.6 is 27.5 Å². The van der Waals surface area contributed by atoms with Gasteiger partial charge in [-0.1, -0.05) is 11.6 Å². The van der Waals surface area contributed by atoms with Crippen molar-refractivity contribution in [1.82, 2.24) is 19.4 Å². The molecule has 3 heterocycles. The average molecular weight is 354 g/mol. The van der Waals surface area contributed by atoms with Crippen LogP contribution in [-0.4, -0.2) is 19.4 Å². The van der Waals surface area contributed by atoms with E-state index in [1.807, 2.05) is 28.9 Å². The number of anilines is 2.